The normalized spacial score (nSPS) is 16.4. The van der Waals surface area contributed by atoms with Crippen molar-refractivity contribution in [2.75, 3.05) is 34.0 Å². The van der Waals surface area contributed by atoms with Gasteiger partial charge < -0.3 is 29.0 Å². The zero-order chi connectivity index (χ0) is 27.1. The number of aliphatic hydroxyl groups excluding tert-OH is 1. The average molecular weight is 518 g/mol. The van der Waals surface area contributed by atoms with Crippen LogP contribution in [0, 0.1) is 0 Å². The van der Waals surface area contributed by atoms with Crippen LogP contribution in [0.15, 0.2) is 78.4 Å². The number of hydrogen-bond donors (Lipinski definition) is 1. The summed E-state index contributed by atoms with van der Waals surface area (Å²) in [7, 11) is 3.14. The van der Waals surface area contributed by atoms with Crippen LogP contribution in [0.25, 0.3) is 5.76 Å². The van der Waals surface area contributed by atoms with E-state index >= 15 is 0 Å². The van der Waals surface area contributed by atoms with Crippen molar-refractivity contribution in [1.29, 1.82) is 0 Å². The highest BCUT2D eigenvalue weighted by Gasteiger charge is 2.46. The molecule has 0 aromatic heterocycles. The highest BCUT2D eigenvalue weighted by Crippen LogP contribution is 2.40. The second-order valence-corrected chi connectivity index (χ2v) is 8.67. The monoisotopic (exact) mass is 517 g/mol. The molecule has 38 heavy (non-hydrogen) atoms. The van der Waals surface area contributed by atoms with Crippen LogP contribution in [0.2, 0.25) is 0 Å². The highest BCUT2D eigenvalue weighted by molar-refractivity contribution is 6.46. The smallest absolute Gasteiger partial charge is 0.295 e. The van der Waals surface area contributed by atoms with E-state index in [2.05, 4.69) is 0 Å². The van der Waals surface area contributed by atoms with E-state index in [1.165, 1.54) is 4.90 Å². The first-order valence-electron chi connectivity index (χ1n) is 12.4. The van der Waals surface area contributed by atoms with E-state index in [0.717, 1.165) is 6.42 Å². The molecule has 1 aliphatic rings. The lowest BCUT2D eigenvalue weighted by Crippen LogP contribution is -2.33. The minimum atomic E-state index is -0.805. The molecule has 8 heteroatoms. The fourth-order valence-corrected chi connectivity index (χ4v) is 4.29. The van der Waals surface area contributed by atoms with Crippen LogP contribution < -0.4 is 18.9 Å². The topological polar surface area (TPSA) is 94.5 Å². The summed E-state index contributed by atoms with van der Waals surface area (Å²) >= 11 is 0. The lowest BCUT2D eigenvalue weighted by molar-refractivity contribution is -0.140. The lowest BCUT2D eigenvalue weighted by atomic mass is 9.95. The van der Waals surface area contributed by atoms with Gasteiger partial charge in [-0.15, -0.1) is 0 Å². The number of likely N-dealkylation sites (tertiary alicyclic amines) is 1. The molecule has 1 saturated heterocycles. The molecule has 1 heterocycles. The quantitative estimate of drug-likeness (QED) is 0.217. The lowest BCUT2D eigenvalue weighted by Gasteiger charge is -2.25. The number of aliphatic hydroxyl groups is 1. The third kappa shape index (κ3) is 5.75. The van der Waals surface area contributed by atoms with Gasteiger partial charge in [-0.05, 0) is 60.5 Å². The highest BCUT2D eigenvalue weighted by atomic mass is 16.5. The van der Waals surface area contributed by atoms with E-state index < -0.39 is 17.7 Å². The van der Waals surface area contributed by atoms with E-state index in [4.69, 9.17) is 18.9 Å². The van der Waals surface area contributed by atoms with Gasteiger partial charge in [0.2, 0.25) is 0 Å². The molecule has 1 amide bonds. The van der Waals surface area contributed by atoms with Crippen molar-refractivity contribution in [2.24, 2.45) is 0 Å². The van der Waals surface area contributed by atoms with Crippen LogP contribution >= 0.6 is 0 Å². The van der Waals surface area contributed by atoms with Crippen LogP contribution in [-0.4, -0.2) is 55.7 Å². The number of ether oxygens (including phenoxy) is 4. The van der Waals surface area contributed by atoms with Crippen molar-refractivity contribution in [3.63, 3.8) is 0 Å². The maximum Gasteiger partial charge on any atom is 0.295 e. The molecule has 0 spiro atoms. The molecule has 1 unspecified atom stereocenters. The van der Waals surface area contributed by atoms with Crippen LogP contribution in [0.4, 0.5) is 0 Å². The second-order valence-electron chi connectivity index (χ2n) is 8.67. The summed E-state index contributed by atoms with van der Waals surface area (Å²) in [6.07, 6.45) is 0.831. The Hall–Kier alpha value is -4.46. The van der Waals surface area contributed by atoms with Crippen molar-refractivity contribution in [3.8, 4) is 23.0 Å². The maximum atomic E-state index is 13.3. The molecule has 0 radical (unpaired) electrons. The van der Waals surface area contributed by atoms with Crippen LogP contribution in [0.3, 0.4) is 0 Å². The maximum absolute atomic E-state index is 13.3. The van der Waals surface area contributed by atoms with Crippen molar-refractivity contribution in [3.05, 3.63) is 89.5 Å². The first-order chi connectivity index (χ1) is 18.5. The Kier molecular flexibility index (Phi) is 8.53. The second kappa shape index (κ2) is 12.2. The van der Waals surface area contributed by atoms with Gasteiger partial charge >= 0.3 is 0 Å². The van der Waals surface area contributed by atoms with Gasteiger partial charge in [0.25, 0.3) is 11.7 Å². The molecule has 0 aliphatic carbocycles. The third-order valence-electron chi connectivity index (χ3n) is 6.21. The molecular weight excluding hydrogens is 486 g/mol. The van der Waals surface area contributed by atoms with Crippen LogP contribution in [0.1, 0.15) is 30.5 Å². The molecule has 1 atom stereocenters. The third-order valence-corrected chi connectivity index (χ3v) is 6.21. The Bertz CT molecular complexity index is 1300. The number of carbonyl (C=O) groups excluding carboxylic acids is 2. The summed E-state index contributed by atoms with van der Waals surface area (Å²) in [6.45, 7) is 2.79. The Morgan fingerprint density at radius 2 is 1.42 bits per heavy atom. The van der Waals surface area contributed by atoms with Crippen LogP contribution in [-0.2, 0) is 9.59 Å². The largest absolute Gasteiger partial charge is 0.507 e. The van der Waals surface area contributed by atoms with E-state index in [1.807, 2.05) is 6.92 Å². The zero-order valence-corrected chi connectivity index (χ0v) is 21.7. The number of ketones is 1. The Balaban J connectivity index is 1.67. The number of benzene rings is 3. The van der Waals surface area contributed by atoms with Crippen molar-refractivity contribution in [2.45, 2.75) is 19.4 Å². The summed E-state index contributed by atoms with van der Waals surface area (Å²) in [6, 6.07) is 20.2. The van der Waals surface area contributed by atoms with E-state index in [9.17, 15) is 14.7 Å². The van der Waals surface area contributed by atoms with Gasteiger partial charge in [0, 0.05) is 5.56 Å². The molecule has 198 valence electrons. The van der Waals surface area contributed by atoms with Gasteiger partial charge in [0.05, 0.1) is 39.0 Å². The molecule has 1 N–H and O–H groups in total. The first-order valence-corrected chi connectivity index (χ1v) is 12.4. The number of rotatable bonds is 11. The Labute approximate surface area is 222 Å². The molecule has 3 aromatic rings. The molecule has 1 fully saturated rings. The van der Waals surface area contributed by atoms with Crippen molar-refractivity contribution >= 4 is 17.4 Å². The molecule has 1 aliphatic heterocycles. The molecule has 4 rings (SSSR count). The number of amides is 1. The van der Waals surface area contributed by atoms with E-state index in [1.54, 1.807) is 87.0 Å². The average Bonchev–Trinajstić information content (AvgIpc) is 3.21. The summed E-state index contributed by atoms with van der Waals surface area (Å²) in [4.78, 5) is 27.9. The van der Waals surface area contributed by atoms with Gasteiger partial charge in [0.1, 0.15) is 35.4 Å². The molecule has 8 nitrogen and oxygen atoms in total. The van der Waals surface area contributed by atoms with E-state index in [0.29, 0.717) is 40.7 Å². The minimum absolute atomic E-state index is 0.0113. The van der Waals surface area contributed by atoms with Gasteiger partial charge in [-0.2, -0.15) is 0 Å². The molecule has 3 aromatic carbocycles. The first kappa shape index (κ1) is 26.6. The molecule has 0 bridgehead atoms. The zero-order valence-electron chi connectivity index (χ0n) is 21.7. The van der Waals surface area contributed by atoms with Crippen LogP contribution in [0.5, 0.6) is 23.0 Å². The van der Waals surface area contributed by atoms with Gasteiger partial charge in [0.15, 0.2) is 0 Å². The molecular formula is C30H31NO7. The van der Waals surface area contributed by atoms with Gasteiger partial charge in [-0.25, -0.2) is 0 Å². The summed E-state index contributed by atoms with van der Waals surface area (Å²) in [5, 5.41) is 11.3. The summed E-state index contributed by atoms with van der Waals surface area (Å²) < 4.78 is 22.0. The van der Waals surface area contributed by atoms with Crippen molar-refractivity contribution < 1.29 is 33.6 Å². The predicted molar refractivity (Wildman–Crippen MR) is 143 cm³/mol. The number of Topliss-reactive ketones (excluding diaryl/α,β-unsaturated/α-hetero) is 1. The number of carbonyl (C=O) groups is 2. The number of hydrogen-bond acceptors (Lipinski definition) is 7. The number of methoxy groups -OCH3 is 2. The standard InChI is InChI=1S/C30H31NO7/c1-4-17-37-25-7-5-6-21(19-25)28(32)26-27(20-8-10-22(35-2)11-9-20)31(30(34)29(26)33)16-18-38-24-14-12-23(36-3)13-15-24/h5-15,19,27,32H,4,16-18H2,1-3H3/b28-26-. The summed E-state index contributed by atoms with van der Waals surface area (Å²) in [5.41, 5.74) is 1.07. The Morgan fingerprint density at radius 3 is 2.05 bits per heavy atom. The van der Waals surface area contributed by atoms with Crippen molar-refractivity contribution in [1.82, 2.24) is 4.90 Å². The summed E-state index contributed by atoms with van der Waals surface area (Å²) in [5.74, 6) is 0.786. The minimum Gasteiger partial charge on any atom is -0.507 e. The number of nitrogens with zero attached hydrogens (tertiary/aromatic N) is 1. The predicted octanol–water partition coefficient (Wildman–Crippen LogP) is 4.99. The Morgan fingerprint density at radius 1 is 0.816 bits per heavy atom. The van der Waals surface area contributed by atoms with E-state index in [-0.39, 0.29) is 24.5 Å². The SMILES string of the molecule is CCCOc1cccc(/C(O)=C2/C(=O)C(=O)N(CCOc3ccc(OC)cc3)C2c2ccc(OC)cc2)c1. The fraction of sp³-hybridized carbons (Fsp3) is 0.267. The fourth-order valence-electron chi connectivity index (χ4n) is 4.29. The molecule has 0 saturated carbocycles. The van der Waals surface area contributed by atoms with Gasteiger partial charge in [-0.1, -0.05) is 31.2 Å². The van der Waals surface area contributed by atoms with Gasteiger partial charge in [-0.3, -0.25) is 9.59 Å².